The van der Waals surface area contributed by atoms with Crippen LogP contribution in [-0.2, 0) is 9.59 Å². The predicted octanol–water partition coefficient (Wildman–Crippen LogP) is 4.39. The number of allylic oxidation sites excluding steroid dienone is 2. The number of imide groups is 1. The summed E-state index contributed by atoms with van der Waals surface area (Å²) in [5.41, 5.74) is 4.02. The Morgan fingerprint density at radius 2 is 1.66 bits per heavy atom. The van der Waals surface area contributed by atoms with Crippen LogP contribution in [0.2, 0.25) is 0 Å². The van der Waals surface area contributed by atoms with Crippen molar-refractivity contribution in [2.24, 2.45) is 28.8 Å². The van der Waals surface area contributed by atoms with Crippen molar-refractivity contribution in [1.82, 2.24) is 9.58 Å². The van der Waals surface area contributed by atoms with Crippen LogP contribution in [-0.4, -0.2) is 27.6 Å². The highest BCUT2D eigenvalue weighted by molar-refractivity contribution is 9.10. The number of para-hydroxylation sites is 1. The maximum absolute atomic E-state index is 12.9. The summed E-state index contributed by atoms with van der Waals surface area (Å²) in [4.78, 5) is 25.9. The van der Waals surface area contributed by atoms with E-state index in [0.29, 0.717) is 0 Å². The Labute approximate surface area is 178 Å². The van der Waals surface area contributed by atoms with Gasteiger partial charge in [-0.2, -0.15) is 10.1 Å². The first-order valence-corrected chi connectivity index (χ1v) is 10.8. The number of fused-ring (bicyclic) bond motifs is 1. The minimum atomic E-state index is -0.226. The second-order valence-electron chi connectivity index (χ2n) is 8.19. The topological polar surface area (TPSA) is 54.7 Å². The van der Waals surface area contributed by atoms with Crippen LogP contribution in [0.3, 0.4) is 0 Å². The molecule has 1 saturated heterocycles. The first kappa shape index (κ1) is 18.6. The number of hydrogen-bond donors (Lipinski definition) is 0. The standard InChI is InChI=1S/C23H22BrN3O2/c1-13-11-17(14(2)26(13)19-6-4-3-5-18(19)24)12-25-27-22(28)20-15-7-8-16(10-9-15)21(20)23(27)29/h3-8,11-12,15-16,20-21H,9-10H2,1-2H3/b25-12-/t15-,16-,20-,21-/m0/s1. The van der Waals surface area contributed by atoms with Gasteiger partial charge >= 0.3 is 0 Å². The van der Waals surface area contributed by atoms with Crippen molar-refractivity contribution in [3.8, 4) is 5.69 Å². The van der Waals surface area contributed by atoms with Gasteiger partial charge in [0, 0.05) is 21.4 Å². The largest absolute Gasteiger partial charge is 0.317 e. The van der Waals surface area contributed by atoms with E-state index in [9.17, 15) is 9.59 Å². The van der Waals surface area contributed by atoms with Gasteiger partial charge in [0.2, 0.25) is 0 Å². The molecule has 1 saturated carbocycles. The van der Waals surface area contributed by atoms with Gasteiger partial charge in [0.1, 0.15) is 0 Å². The number of aryl methyl sites for hydroxylation is 1. The molecule has 6 rings (SSSR count). The lowest BCUT2D eigenvalue weighted by atomic mass is 9.63. The van der Waals surface area contributed by atoms with Crippen LogP contribution in [0.5, 0.6) is 0 Å². The Bertz CT molecular complexity index is 1050. The van der Waals surface area contributed by atoms with E-state index in [2.05, 4.69) is 37.8 Å². The molecular weight excluding hydrogens is 430 g/mol. The SMILES string of the molecule is Cc1cc(/C=N\N2C(=O)[C@@H]3[C@@H](C2=O)[C@H]2C=C[C@H]3CC2)c(C)n1-c1ccccc1Br. The van der Waals surface area contributed by atoms with Crippen LogP contribution in [0.25, 0.3) is 5.69 Å². The first-order valence-electron chi connectivity index (χ1n) is 10.0. The monoisotopic (exact) mass is 451 g/mol. The van der Waals surface area contributed by atoms with E-state index in [1.54, 1.807) is 6.21 Å². The van der Waals surface area contributed by atoms with Gasteiger partial charge in [0.05, 0.1) is 23.7 Å². The van der Waals surface area contributed by atoms with E-state index < -0.39 is 0 Å². The van der Waals surface area contributed by atoms with Crippen molar-refractivity contribution in [1.29, 1.82) is 0 Å². The highest BCUT2D eigenvalue weighted by Crippen LogP contribution is 2.49. The zero-order valence-corrected chi connectivity index (χ0v) is 18.0. The molecule has 148 valence electrons. The minimum Gasteiger partial charge on any atom is -0.317 e. The summed E-state index contributed by atoms with van der Waals surface area (Å²) in [6, 6.07) is 10.1. The lowest BCUT2D eigenvalue weighted by Gasteiger charge is -2.37. The molecule has 5 nitrogen and oxygen atoms in total. The summed E-state index contributed by atoms with van der Waals surface area (Å²) >= 11 is 3.61. The van der Waals surface area contributed by atoms with Gasteiger partial charge in [-0.15, -0.1) is 0 Å². The first-order chi connectivity index (χ1) is 14.0. The normalized spacial score (nSPS) is 28.0. The molecular formula is C23H22BrN3O2. The third kappa shape index (κ3) is 2.76. The fourth-order valence-corrected chi connectivity index (χ4v) is 5.68. The van der Waals surface area contributed by atoms with E-state index in [-0.39, 0.29) is 35.5 Å². The van der Waals surface area contributed by atoms with E-state index in [1.807, 2.05) is 44.2 Å². The summed E-state index contributed by atoms with van der Waals surface area (Å²) in [6.07, 6.45) is 7.88. The molecule has 2 bridgehead atoms. The number of hydrogen-bond acceptors (Lipinski definition) is 3. The molecule has 0 spiro atoms. The molecule has 1 aromatic heterocycles. The molecule has 3 aliphatic carbocycles. The lowest BCUT2D eigenvalue weighted by molar-refractivity contribution is -0.140. The van der Waals surface area contributed by atoms with Crippen LogP contribution in [0.1, 0.15) is 29.8 Å². The predicted molar refractivity (Wildman–Crippen MR) is 115 cm³/mol. The number of carbonyl (C=O) groups excluding carboxylic acids is 2. The Balaban J connectivity index is 1.46. The summed E-state index contributed by atoms with van der Waals surface area (Å²) in [7, 11) is 0. The van der Waals surface area contributed by atoms with Gasteiger partial charge in [-0.25, -0.2) is 0 Å². The highest BCUT2D eigenvalue weighted by Gasteiger charge is 2.56. The molecule has 4 atom stereocenters. The van der Waals surface area contributed by atoms with E-state index in [4.69, 9.17) is 0 Å². The van der Waals surface area contributed by atoms with Crippen molar-refractivity contribution in [3.05, 3.63) is 63.9 Å². The average molecular weight is 452 g/mol. The smallest absolute Gasteiger partial charge is 0.254 e. The van der Waals surface area contributed by atoms with Gasteiger partial charge < -0.3 is 4.57 Å². The molecule has 0 N–H and O–H groups in total. The average Bonchev–Trinajstić information content (AvgIpc) is 3.16. The number of halogens is 1. The Morgan fingerprint density at radius 1 is 1.03 bits per heavy atom. The van der Waals surface area contributed by atoms with Crippen LogP contribution >= 0.6 is 15.9 Å². The molecule has 1 aromatic carbocycles. The third-order valence-electron chi connectivity index (χ3n) is 6.61. The second kappa shape index (κ2) is 6.80. The van der Waals surface area contributed by atoms with E-state index in [1.165, 1.54) is 0 Å². The summed E-state index contributed by atoms with van der Waals surface area (Å²) in [5.74, 6) is -0.374. The lowest BCUT2D eigenvalue weighted by Crippen LogP contribution is -2.38. The number of aromatic nitrogens is 1. The number of carbonyl (C=O) groups is 2. The zero-order valence-electron chi connectivity index (χ0n) is 16.4. The molecule has 6 heteroatoms. The quantitative estimate of drug-likeness (QED) is 0.394. The van der Waals surface area contributed by atoms with Crippen LogP contribution in [0, 0.1) is 37.5 Å². The highest BCUT2D eigenvalue weighted by atomic mass is 79.9. The number of rotatable bonds is 3. The third-order valence-corrected chi connectivity index (χ3v) is 7.28. The summed E-state index contributed by atoms with van der Waals surface area (Å²) in [6.45, 7) is 4.05. The van der Waals surface area contributed by atoms with Crippen LogP contribution in [0.15, 0.2) is 52.1 Å². The van der Waals surface area contributed by atoms with Crippen LogP contribution < -0.4 is 0 Å². The second-order valence-corrected chi connectivity index (χ2v) is 9.04. The molecule has 4 aliphatic rings. The number of nitrogens with zero attached hydrogens (tertiary/aromatic N) is 3. The van der Waals surface area contributed by atoms with Crippen molar-refractivity contribution in [3.63, 3.8) is 0 Å². The zero-order chi connectivity index (χ0) is 20.3. The molecule has 29 heavy (non-hydrogen) atoms. The maximum Gasteiger partial charge on any atom is 0.254 e. The van der Waals surface area contributed by atoms with Gasteiger partial charge in [0.25, 0.3) is 11.8 Å². The Hall–Kier alpha value is -2.47. The molecule has 0 unspecified atom stereocenters. The van der Waals surface area contributed by atoms with Gasteiger partial charge in [-0.3, -0.25) is 9.59 Å². The minimum absolute atomic E-state index is 0.144. The fraction of sp³-hybridized carbons (Fsp3) is 0.348. The van der Waals surface area contributed by atoms with Gasteiger partial charge in [0.15, 0.2) is 0 Å². The summed E-state index contributed by atoms with van der Waals surface area (Å²) < 4.78 is 3.14. The molecule has 1 aliphatic heterocycles. The molecule has 0 radical (unpaired) electrons. The number of hydrazone groups is 1. The van der Waals surface area contributed by atoms with Gasteiger partial charge in [-0.05, 0) is 72.7 Å². The van der Waals surface area contributed by atoms with E-state index >= 15 is 0 Å². The number of amides is 2. The van der Waals surface area contributed by atoms with Crippen molar-refractivity contribution in [2.75, 3.05) is 0 Å². The molecule has 2 aromatic rings. The molecule has 2 heterocycles. The Kier molecular flexibility index (Phi) is 4.35. The van der Waals surface area contributed by atoms with Gasteiger partial charge in [-0.1, -0.05) is 24.3 Å². The molecule has 2 amide bonds. The van der Waals surface area contributed by atoms with Crippen molar-refractivity contribution in [2.45, 2.75) is 26.7 Å². The molecule has 2 fully saturated rings. The maximum atomic E-state index is 12.9. The van der Waals surface area contributed by atoms with Crippen LogP contribution in [0.4, 0.5) is 0 Å². The number of benzene rings is 1. The fourth-order valence-electron chi connectivity index (χ4n) is 5.21. The summed E-state index contributed by atoms with van der Waals surface area (Å²) in [5, 5.41) is 5.49. The Morgan fingerprint density at radius 3 is 2.24 bits per heavy atom. The van der Waals surface area contributed by atoms with E-state index in [0.717, 1.165) is 45.0 Å². The van der Waals surface area contributed by atoms with Crippen molar-refractivity contribution < 1.29 is 9.59 Å². The van der Waals surface area contributed by atoms with Crippen molar-refractivity contribution >= 4 is 34.0 Å².